The summed E-state index contributed by atoms with van der Waals surface area (Å²) in [6.45, 7) is 0. The maximum absolute atomic E-state index is 13.3. The van der Waals surface area contributed by atoms with Gasteiger partial charge in [-0.05, 0) is 56.1 Å². The maximum Gasteiger partial charge on any atom is 0.257 e. The lowest BCUT2D eigenvalue weighted by Gasteiger charge is -2.35. The van der Waals surface area contributed by atoms with Crippen LogP contribution in [-0.4, -0.2) is 46.3 Å². The highest BCUT2D eigenvalue weighted by Crippen LogP contribution is 2.40. The molecule has 0 radical (unpaired) electrons. The van der Waals surface area contributed by atoms with Gasteiger partial charge in [0.1, 0.15) is 5.54 Å². The molecule has 2 saturated carbocycles. The molecule has 0 spiro atoms. The Morgan fingerprint density at radius 1 is 1.18 bits per heavy atom. The van der Waals surface area contributed by atoms with Crippen LogP contribution in [0, 0.1) is 17.8 Å². The van der Waals surface area contributed by atoms with Crippen LogP contribution in [0.3, 0.4) is 0 Å². The first-order valence-corrected chi connectivity index (χ1v) is 12.4. The number of aromatic nitrogens is 1. The summed E-state index contributed by atoms with van der Waals surface area (Å²) in [5, 5.41) is 3.08. The molecule has 2 fully saturated rings. The highest BCUT2D eigenvalue weighted by Gasteiger charge is 2.48. The van der Waals surface area contributed by atoms with Crippen LogP contribution in [0.25, 0.3) is 0 Å². The van der Waals surface area contributed by atoms with Crippen LogP contribution in [-0.2, 0) is 4.79 Å². The number of amides is 2. The van der Waals surface area contributed by atoms with Gasteiger partial charge < -0.3 is 11.1 Å². The number of hydrogen-bond donors (Lipinski definition) is 2. The van der Waals surface area contributed by atoms with E-state index in [4.69, 9.17) is 10.7 Å². The molecule has 4 rings (SSSR count). The van der Waals surface area contributed by atoms with E-state index in [1.165, 1.54) is 55.3 Å². The van der Waals surface area contributed by atoms with Crippen LogP contribution >= 0.6 is 0 Å². The molecule has 1 aromatic rings. The van der Waals surface area contributed by atoms with E-state index in [0.717, 1.165) is 38.5 Å². The Morgan fingerprint density at radius 3 is 2.61 bits per heavy atom. The van der Waals surface area contributed by atoms with Crippen LogP contribution in [0.2, 0.25) is 0 Å². The number of nitrogens with one attached hydrogen (secondary N) is 1. The Bertz CT molecular complexity index is 883. The van der Waals surface area contributed by atoms with Gasteiger partial charge in [0, 0.05) is 19.3 Å². The monoisotopic (exact) mass is 457 g/mol. The van der Waals surface area contributed by atoms with Crippen molar-refractivity contribution in [2.24, 2.45) is 22.6 Å². The van der Waals surface area contributed by atoms with E-state index in [9.17, 15) is 14.0 Å². The van der Waals surface area contributed by atoms with Crippen LogP contribution in [0.1, 0.15) is 87.4 Å². The number of nitrogens with two attached hydrogens (primary N) is 1. The molecule has 180 valence electrons. The normalized spacial score (nSPS) is 28.6. The molecule has 0 saturated heterocycles. The molecule has 0 aromatic carbocycles. The lowest BCUT2D eigenvalue weighted by Crippen LogP contribution is -2.45. The quantitative estimate of drug-likeness (QED) is 0.609. The van der Waals surface area contributed by atoms with Gasteiger partial charge in [0.2, 0.25) is 5.95 Å². The predicted octanol–water partition coefficient (Wildman–Crippen LogP) is 3.79. The van der Waals surface area contributed by atoms with Crippen LogP contribution in [0.4, 0.5) is 4.39 Å². The zero-order valence-electron chi connectivity index (χ0n) is 19.6. The third-order valence-corrected chi connectivity index (χ3v) is 7.80. The van der Waals surface area contributed by atoms with E-state index in [1.807, 2.05) is 0 Å². The van der Waals surface area contributed by atoms with Gasteiger partial charge in [0.05, 0.1) is 5.56 Å². The maximum atomic E-state index is 13.3. The van der Waals surface area contributed by atoms with Crippen molar-refractivity contribution in [3.63, 3.8) is 0 Å². The second kappa shape index (κ2) is 10.2. The zero-order chi connectivity index (χ0) is 23.4. The molecule has 3 aliphatic rings. The van der Waals surface area contributed by atoms with E-state index in [0.29, 0.717) is 23.9 Å². The number of likely N-dealkylation sites (N-methyl/N-ethyl adjacent to an activating group) is 1. The third-order valence-electron chi connectivity index (χ3n) is 7.80. The number of rotatable bonds is 7. The van der Waals surface area contributed by atoms with Crippen LogP contribution < -0.4 is 11.1 Å². The lowest BCUT2D eigenvalue weighted by atomic mass is 9.74. The molecule has 8 heteroatoms. The Hall–Kier alpha value is -2.51. The summed E-state index contributed by atoms with van der Waals surface area (Å²) in [5.41, 5.74) is 5.68. The number of guanidine groups is 1. The van der Waals surface area contributed by atoms with Gasteiger partial charge >= 0.3 is 0 Å². The molecule has 2 aliphatic carbocycles. The minimum Gasteiger partial charge on any atom is -0.369 e. The fraction of sp³-hybridized carbons (Fsp3) is 0.680. The molecule has 3 N–H and O–H groups in total. The second-order valence-electron chi connectivity index (χ2n) is 10.2. The Morgan fingerprint density at radius 2 is 1.94 bits per heavy atom. The zero-order valence-corrected chi connectivity index (χ0v) is 19.6. The highest BCUT2D eigenvalue weighted by molar-refractivity contribution is 6.06. The first-order chi connectivity index (χ1) is 15.9. The molecule has 3 atom stereocenters. The van der Waals surface area contributed by atoms with Gasteiger partial charge in [-0.1, -0.05) is 44.9 Å². The molecule has 33 heavy (non-hydrogen) atoms. The molecule has 1 aliphatic heterocycles. The fourth-order valence-electron chi connectivity index (χ4n) is 5.94. The SMILES string of the molecule is CN1C(=O)[C@@](CCC2CCCCC2)(C[C@H]2CCC[C@@H](NC(=O)c3ccc(F)nc3)C2)N=C1N. The summed E-state index contributed by atoms with van der Waals surface area (Å²) in [6, 6.07) is 2.66. The van der Waals surface area contributed by atoms with Crippen molar-refractivity contribution < 1.29 is 14.0 Å². The number of hydrogen-bond acceptors (Lipinski definition) is 5. The van der Waals surface area contributed by atoms with E-state index in [1.54, 1.807) is 7.05 Å². The lowest BCUT2D eigenvalue weighted by molar-refractivity contribution is -0.131. The van der Waals surface area contributed by atoms with Crippen molar-refractivity contribution in [3.8, 4) is 0 Å². The molecule has 0 unspecified atom stereocenters. The summed E-state index contributed by atoms with van der Waals surface area (Å²) in [6.07, 6.45) is 13.8. The number of carbonyl (C=O) groups is 2. The minimum absolute atomic E-state index is 0.0133. The fourth-order valence-corrected chi connectivity index (χ4v) is 5.94. The van der Waals surface area contributed by atoms with Gasteiger partial charge in [0.15, 0.2) is 5.96 Å². The molecule has 2 heterocycles. The molecule has 2 amide bonds. The third kappa shape index (κ3) is 5.53. The van der Waals surface area contributed by atoms with Crippen molar-refractivity contribution in [1.82, 2.24) is 15.2 Å². The van der Waals surface area contributed by atoms with E-state index < -0.39 is 11.5 Å². The van der Waals surface area contributed by atoms with Crippen molar-refractivity contribution in [3.05, 3.63) is 29.8 Å². The van der Waals surface area contributed by atoms with E-state index in [2.05, 4.69) is 10.3 Å². The molecular weight excluding hydrogens is 421 g/mol. The summed E-state index contributed by atoms with van der Waals surface area (Å²) in [4.78, 5) is 35.7. The highest BCUT2D eigenvalue weighted by atomic mass is 19.1. The minimum atomic E-state index is -0.770. The number of aliphatic imine (C=N–C) groups is 1. The average molecular weight is 458 g/mol. The summed E-state index contributed by atoms with van der Waals surface area (Å²) in [7, 11) is 1.71. The van der Waals surface area contributed by atoms with Crippen molar-refractivity contribution in [1.29, 1.82) is 0 Å². The van der Waals surface area contributed by atoms with E-state index >= 15 is 0 Å². The van der Waals surface area contributed by atoms with Gasteiger partial charge in [0.25, 0.3) is 11.8 Å². The smallest absolute Gasteiger partial charge is 0.257 e. The summed E-state index contributed by atoms with van der Waals surface area (Å²) < 4.78 is 13.1. The van der Waals surface area contributed by atoms with Crippen LogP contribution in [0.5, 0.6) is 0 Å². The number of nitrogens with zero attached hydrogens (tertiary/aromatic N) is 3. The largest absolute Gasteiger partial charge is 0.369 e. The number of pyridine rings is 1. The first-order valence-electron chi connectivity index (χ1n) is 12.4. The van der Waals surface area contributed by atoms with Crippen molar-refractivity contribution in [2.75, 3.05) is 7.05 Å². The predicted molar refractivity (Wildman–Crippen MR) is 125 cm³/mol. The second-order valence-corrected chi connectivity index (χ2v) is 10.2. The van der Waals surface area contributed by atoms with Crippen molar-refractivity contribution in [2.45, 2.75) is 88.6 Å². The van der Waals surface area contributed by atoms with Gasteiger partial charge in [-0.15, -0.1) is 0 Å². The molecule has 1 aromatic heterocycles. The standard InChI is InChI=1S/C25H36FN5O2/c1-31-23(33)25(30-24(31)27,13-12-17-6-3-2-4-7-17)15-18-8-5-9-20(14-18)29-22(32)19-10-11-21(26)28-16-19/h10-11,16-18,20H,2-9,12-15H2,1H3,(H2,27,30)(H,29,32)/t18-,20+,25+/m0/s1. The molecule has 0 bridgehead atoms. The Labute approximate surface area is 195 Å². The summed E-state index contributed by atoms with van der Waals surface area (Å²) in [5.74, 6) is 0.447. The van der Waals surface area contributed by atoms with Crippen LogP contribution in [0.15, 0.2) is 23.3 Å². The number of carbonyl (C=O) groups excluding carboxylic acids is 2. The Kier molecular flexibility index (Phi) is 7.29. The van der Waals surface area contributed by atoms with Gasteiger partial charge in [-0.3, -0.25) is 14.5 Å². The van der Waals surface area contributed by atoms with E-state index in [-0.39, 0.29) is 23.8 Å². The van der Waals surface area contributed by atoms with Gasteiger partial charge in [-0.25, -0.2) is 9.98 Å². The first kappa shape index (κ1) is 23.6. The number of halogens is 1. The Balaban J connectivity index is 1.40. The molecule has 7 nitrogen and oxygen atoms in total. The topological polar surface area (TPSA) is 101 Å². The summed E-state index contributed by atoms with van der Waals surface area (Å²) >= 11 is 0. The molecular formula is C25H36FN5O2. The average Bonchev–Trinajstić information content (AvgIpc) is 3.02. The van der Waals surface area contributed by atoms with Gasteiger partial charge in [-0.2, -0.15) is 4.39 Å². The van der Waals surface area contributed by atoms with Crippen molar-refractivity contribution >= 4 is 17.8 Å².